The van der Waals surface area contributed by atoms with E-state index in [0.717, 1.165) is 26.2 Å². The zero-order valence-electron chi connectivity index (χ0n) is 10.4. The van der Waals surface area contributed by atoms with E-state index in [1.54, 1.807) is 7.11 Å². The molecule has 0 radical (unpaired) electrons. The lowest BCUT2D eigenvalue weighted by Crippen LogP contribution is -2.61. The highest BCUT2D eigenvalue weighted by atomic mass is 16.5. The standard InChI is InChI=1S/C11H22N2O3/c1-4-16-10(14)11(2,9-15-3)13-7-5-12-6-8-13/h12H,4-9H2,1-3H3. The van der Waals surface area contributed by atoms with Crippen LogP contribution in [0, 0.1) is 0 Å². The van der Waals surface area contributed by atoms with Gasteiger partial charge < -0.3 is 14.8 Å². The first kappa shape index (κ1) is 13.4. The molecular formula is C11H22N2O3. The number of hydrogen-bond acceptors (Lipinski definition) is 5. The molecule has 0 spiro atoms. The lowest BCUT2D eigenvalue weighted by Gasteiger charge is -2.40. The minimum absolute atomic E-state index is 0.196. The molecule has 0 aromatic carbocycles. The van der Waals surface area contributed by atoms with E-state index < -0.39 is 5.54 Å². The smallest absolute Gasteiger partial charge is 0.328 e. The Balaban J connectivity index is 2.72. The molecule has 0 bridgehead atoms. The van der Waals surface area contributed by atoms with E-state index in [0.29, 0.717) is 13.2 Å². The Morgan fingerprint density at radius 2 is 2.06 bits per heavy atom. The summed E-state index contributed by atoms with van der Waals surface area (Å²) in [5, 5.41) is 3.27. The minimum Gasteiger partial charge on any atom is -0.465 e. The normalized spacial score (nSPS) is 21.4. The second-order valence-corrected chi connectivity index (χ2v) is 4.16. The van der Waals surface area contributed by atoms with Gasteiger partial charge in [-0.1, -0.05) is 0 Å². The molecule has 1 rings (SSSR count). The predicted octanol–water partition coefficient (Wildman–Crippen LogP) is -0.140. The Hall–Kier alpha value is -0.650. The molecule has 5 nitrogen and oxygen atoms in total. The number of ether oxygens (including phenoxy) is 2. The molecule has 0 aromatic rings. The topological polar surface area (TPSA) is 50.8 Å². The molecule has 0 aromatic heterocycles. The fourth-order valence-corrected chi connectivity index (χ4v) is 2.01. The van der Waals surface area contributed by atoms with Crippen LogP contribution < -0.4 is 5.32 Å². The Morgan fingerprint density at radius 1 is 1.44 bits per heavy atom. The zero-order chi connectivity index (χ0) is 12.0. The third kappa shape index (κ3) is 2.93. The molecule has 0 amide bonds. The Morgan fingerprint density at radius 3 is 2.56 bits per heavy atom. The monoisotopic (exact) mass is 230 g/mol. The quantitative estimate of drug-likeness (QED) is 0.666. The Kier molecular flexibility index (Phi) is 5.18. The summed E-state index contributed by atoms with van der Waals surface area (Å²) in [6.07, 6.45) is 0. The summed E-state index contributed by atoms with van der Waals surface area (Å²) < 4.78 is 10.3. The van der Waals surface area contributed by atoms with Crippen molar-refractivity contribution in [3.8, 4) is 0 Å². The number of esters is 1. The molecule has 0 aliphatic carbocycles. The van der Waals surface area contributed by atoms with Gasteiger partial charge in [0.1, 0.15) is 5.54 Å². The number of carbonyl (C=O) groups is 1. The zero-order valence-corrected chi connectivity index (χ0v) is 10.4. The van der Waals surface area contributed by atoms with Crippen LogP contribution in [0.3, 0.4) is 0 Å². The van der Waals surface area contributed by atoms with Crippen LogP contribution in [0.4, 0.5) is 0 Å². The Labute approximate surface area is 97.1 Å². The molecule has 1 N–H and O–H groups in total. The first-order chi connectivity index (χ1) is 7.65. The van der Waals surface area contributed by atoms with Crippen LogP contribution in [0.1, 0.15) is 13.8 Å². The number of rotatable bonds is 5. The highest BCUT2D eigenvalue weighted by Crippen LogP contribution is 2.18. The van der Waals surface area contributed by atoms with Crippen molar-refractivity contribution in [1.82, 2.24) is 10.2 Å². The molecule has 94 valence electrons. The van der Waals surface area contributed by atoms with Crippen LogP contribution in [0.15, 0.2) is 0 Å². The van der Waals surface area contributed by atoms with E-state index in [9.17, 15) is 4.79 Å². The number of hydrogen-bond donors (Lipinski definition) is 1. The summed E-state index contributed by atoms with van der Waals surface area (Å²) in [6, 6.07) is 0. The molecule has 1 fully saturated rings. The third-order valence-corrected chi connectivity index (χ3v) is 2.96. The molecule has 1 aliphatic rings. The number of nitrogens with one attached hydrogen (secondary N) is 1. The van der Waals surface area contributed by atoms with Crippen molar-refractivity contribution in [2.75, 3.05) is 46.5 Å². The van der Waals surface area contributed by atoms with E-state index >= 15 is 0 Å². The van der Waals surface area contributed by atoms with E-state index in [1.807, 2.05) is 13.8 Å². The second-order valence-electron chi connectivity index (χ2n) is 4.16. The number of nitrogens with zero attached hydrogens (tertiary/aromatic N) is 1. The van der Waals surface area contributed by atoms with Crippen molar-refractivity contribution >= 4 is 5.97 Å². The molecule has 0 saturated carbocycles. The molecule has 1 saturated heterocycles. The lowest BCUT2D eigenvalue weighted by atomic mass is 10.00. The van der Waals surface area contributed by atoms with Gasteiger partial charge in [-0.2, -0.15) is 0 Å². The van der Waals surface area contributed by atoms with Gasteiger partial charge in [-0.3, -0.25) is 4.90 Å². The molecule has 1 heterocycles. The maximum absolute atomic E-state index is 12.0. The summed E-state index contributed by atoms with van der Waals surface area (Å²) >= 11 is 0. The third-order valence-electron chi connectivity index (χ3n) is 2.96. The fraction of sp³-hybridized carbons (Fsp3) is 0.909. The second kappa shape index (κ2) is 6.18. The van der Waals surface area contributed by atoms with Gasteiger partial charge in [-0.25, -0.2) is 4.79 Å². The molecule has 1 unspecified atom stereocenters. The Bertz CT molecular complexity index is 229. The number of methoxy groups -OCH3 is 1. The maximum atomic E-state index is 12.0. The first-order valence-electron chi connectivity index (χ1n) is 5.77. The van der Waals surface area contributed by atoms with Gasteiger partial charge in [0.15, 0.2) is 0 Å². The maximum Gasteiger partial charge on any atom is 0.328 e. The van der Waals surface area contributed by atoms with Crippen LogP contribution in [-0.4, -0.2) is 62.9 Å². The number of piperazine rings is 1. The van der Waals surface area contributed by atoms with E-state index in [-0.39, 0.29) is 5.97 Å². The molecule has 16 heavy (non-hydrogen) atoms. The highest BCUT2D eigenvalue weighted by molar-refractivity contribution is 5.80. The van der Waals surface area contributed by atoms with Gasteiger partial charge in [-0.15, -0.1) is 0 Å². The summed E-state index contributed by atoms with van der Waals surface area (Å²) in [5.41, 5.74) is -0.660. The van der Waals surface area contributed by atoms with Gasteiger partial charge in [0.05, 0.1) is 13.2 Å². The van der Waals surface area contributed by atoms with Gasteiger partial charge >= 0.3 is 5.97 Å². The van der Waals surface area contributed by atoms with Crippen LogP contribution in [0.2, 0.25) is 0 Å². The van der Waals surface area contributed by atoms with Crippen LogP contribution in [-0.2, 0) is 14.3 Å². The van der Waals surface area contributed by atoms with Gasteiger partial charge in [0.2, 0.25) is 0 Å². The summed E-state index contributed by atoms with van der Waals surface area (Å²) in [6.45, 7) is 7.98. The van der Waals surface area contributed by atoms with Crippen molar-refractivity contribution in [3.63, 3.8) is 0 Å². The predicted molar refractivity (Wildman–Crippen MR) is 61.4 cm³/mol. The van der Waals surface area contributed by atoms with Gasteiger partial charge in [0, 0.05) is 33.3 Å². The van der Waals surface area contributed by atoms with Crippen molar-refractivity contribution < 1.29 is 14.3 Å². The lowest BCUT2D eigenvalue weighted by molar-refractivity contribution is -0.161. The number of carbonyl (C=O) groups excluding carboxylic acids is 1. The average molecular weight is 230 g/mol. The highest BCUT2D eigenvalue weighted by Gasteiger charge is 2.41. The van der Waals surface area contributed by atoms with Gasteiger partial charge in [0.25, 0.3) is 0 Å². The SMILES string of the molecule is CCOC(=O)C(C)(COC)N1CCNCC1. The largest absolute Gasteiger partial charge is 0.465 e. The fourth-order valence-electron chi connectivity index (χ4n) is 2.01. The summed E-state index contributed by atoms with van der Waals surface area (Å²) in [4.78, 5) is 14.1. The molecule has 1 atom stereocenters. The van der Waals surface area contributed by atoms with Crippen molar-refractivity contribution in [2.45, 2.75) is 19.4 Å². The van der Waals surface area contributed by atoms with E-state index in [2.05, 4.69) is 10.2 Å². The van der Waals surface area contributed by atoms with Crippen molar-refractivity contribution in [1.29, 1.82) is 0 Å². The van der Waals surface area contributed by atoms with Crippen LogP contribution in [0.5, 0.6) is 0 Å². The first-order valence-corrected chi connectivity index (χ1v) is 5.77. The molecule has 5 heteroatoms. The van der Waals surface area contributed by atoms with E-state index in [4.69, 9.17) is 9.47 Å². The van der Waals surface area contributed by atoms with Gasteiger partial charge in [-0.05, 0) is 13.8 Å². The molecular weight excluding hydrogens is 208 g/mol. The van der Waals surface area contributed by atoms with Crippen molar-refractivity contribution in [2.24, 2.45) is 0 Å². The van der Waals surface area contributed by atoms with Crippen molar-refractivity contribution in [3.05, 3.63) is 0 Å². The van der Waals surface area contributed by atoms with E-state index in [1.165, 1.54) is 0 Å². The average Bonchev–Trinajstić information content (AvgIpc) is 2.30. The summed E-state index contributed by atoms with van der Waals surface area (Å²) in [5.74, 6) is -0.196. The van der Waals surface area contributed by atoms with Crippen LogP contribution in [0.25, 0.3) is 0 Å². The molecule has 1 aliphatic heterocycles. The minimum atomic E-state index is -0.660. The van der Waals surface area contributed by atoms with Crippen LogP contribution >= 0.6 is 0 Å². The summed E-state index contributed by atoms with van der Waals surface area (Å²) in [7, 11) is 1.61.